The highest BCUT2D eigenvalue weighted by atomic mass is 19.1. The Morgan fingerprint density at radius 1 is 1.00 bits per heavy atom. The highest BCUT2D eigenvalue weighted by Crippen LogP contribution is 2.27. The summed E-state index contributed by atoms with van der Waals surface area (Å²) in [6, 6.07) is 17.4. The molecule has 0 bridgehead atoms. The van der Waals surface area contributed by atoms with Gasteiger partial charge in [-0.1, -0.05) is 60.2 Å². The molecular weight excluding hydrogens is 571 g/mol. The van der Waals surface area contributed by atoms with E-state index >= 15 is 0 Å². The summed E-state index contributed by atoms with van der Waals surface area (Å²) in [5.74, 6) is -1.55. The Labute approximate surface area is 265 Å². The normalized spacial score (nSPS) is 15.9. The number of carbonyl (C=O) groups excluding carboxylic acids is 3. The molecule has 0 spiro atoms. The number of likely N-dealkylation sites (tertiary alicyclic amines) is 1. The molecule has 1 fully saturated rings. The summed E-state index contributed by atoms with van der Waals surface area (Å²) in [5, 5.41) is 12.1. The average molecular weight is 617 g/mol. The van der Waals surface area contributed by atoms with Gasteiger partial charge in [0, 0.05) is 45.2 Å². The fraction of sp³-hybridized carbons (Fsp3) is 0.417. The highest BCUT2D eigenvalue weighted by Gasteiger charge is 2.38. The summed E-state index contributed by atoms with van der Waals surface area (Å²) < 4.78 is 13.9. The molecule has 240 valence electrons. The number of nitrogens with zero attached hydrogens (tertiary/aromatic N) is 3. The van der Waals surface area contributed by atoms with E-state index in [0.717, 1.165) is 21.9 Å². The second kappa shape index (κ2) is 14.3. The molecule has 0 saturated carbocycles. The number of likely N-dealkylation sites (N-methyl/N-ethyl adjacent to an activating group) is 2. The van der Waals surface area contributed by atoms with Crippen molar-refractivity contribution in [3.05, 3.63) is 95.3 Å². The van der Waals surface area contributed by atoms with Gasteiger partial charge in [-0.15, -0.1) is 0 Å². The fourth-order valence-electron chi connectivity index (χ4n) is 6.01. The van der Waals surface area contributed by atoms with Crippen LogP contribution >= 0.6 is 0 Å². The summed E-state index contributed by atoms with van der Waals surface area (Å²) in [7, 11) is 3.15. The van der Waals surface area contributed by atoms with Crippen molar-refractivity contribution < 1.29 is 23.9 Å². The minimum Gasteiger partial charge on any atom is -0.393 e. The number of fused-ring (bicyclic) bond motifs is 1. The van der Waals surface area contributed by atoms with Crippen molar-refractivity contribution in [2.75, 3.05) is 27.2 Å². The summed E-state index contributed by atoms with van der Waals surface area (Å²) in [6.45, 7) is 6.30. The smallest absolute Gasteiger partial charge is 0.250 e. The second-order valence-corrected chi connectivity index (χ2v) is 13.0. The van der Waals surface area contributed by atoms with Crippen molar-refractivity contribution in [3.8, 4) is 0 Å². The maximum atomic E-state index is 14.5. The maximum absolute atomic E-state index is 14.5. The average Bonchev–Trinajstić information content (AvgIpc) is 2.99. The van der Waals surface area contributed by atoms with Crippen molar-refractivity contribution in [3.63, 3.8) is 0 Å². The number of amides is 3. The van der Waals surface area contributed by atoms with Gasteiger partial charge in [-0.05, 0) is 74.1 Å². The molecule has 1 aliphatic heterocycles. The number of nitrogens with two attached hydrogens (primary N) is 1. The number of piperidine rings is 1. The van der Waals surface area contributed by atoms with E-state index in [4.69, 9.17) is 5.73 Å². The van der Waals surface area contributed by atoms with Gasteiger partial charge in [0.25, 0.3) is 0 Å². The van der Waals surface area contributed by atoms with Crippen molar-refractivity contribution in [1.82, 2.24) is 14.7 Å². The molecule has 0 aliphatic carbocycles. The van der Waals surface area contributed by atoms with E-state index in [9.17, 15) is 23.9 Å². The van der Waals surface area contributed by atoms with Gasteiger partial charge in [-0.3, -0.25) is 14.4 Å². The minimum atomic E-state index is -1.05. The third kappa shape index (κ3) is 8.77. The third-order valence-corrected chi connectivity index (χ3v) is 8.38. The predicted molar refractivity (Wildman–Crippen MR) is 175 cm³/mol. The van der Waals surface area contributed by atoms with Crippen LogP contribution in [0.3, 0.4) is 0 Å². The summed E-state index contributed by atoms with van der Waals surface area (Å²) in [5.41, 5.74) is 7.78. The van der Waals surface area contributed by atoms with Gasteiger partial charge in [0.05, 0.1) is 6.10 Å². The van der Waals surface area contributed by atoms with Gasteiger partial charge in [-0.25, -0.2) is 4.39 Å². The first-order chi connectivity index (χ1) is 21.2. The Morgan fingerprint density at radius 2 is 1.62 bits per heavy atom. The lowest BCUT2D eigenvalue weighted by atomic mass is 9.96. The zero-order valence-corrected chi connectivity index (χ0v) is 26.9. The van der Waals surface area contributed by atoms with Crippen LogP contribution in [0.25, 0.3) is 10.8 Å². The van der Waals surface area contributed by atoms with E-state index in [-0.39, 0.29) is 18.2 Å². The van der Waals surface area contributed by atoms with E-state index in [0.29, 0.717) is 37.9 Å². The van der Waals surface area contributed by atoms with Crippen LogP contribution in [0, 0.1) is 5.82 Å². The van der Waals surface area contributed by atoms with Gasteiger partial charge < -0.3 is 25.5 Å². The topological polar surface area (TPSA) is 107 Å². The van der Waals surface area contributed by atoms with Crippen LogP contribution in [0.4, 0.5) is 4.39 Å². The zero-order valence-electron chi connectivity index (χ0n) is 26.9. The molecule has 3 amide bonds. The minimum absolute atomic E-state index is 0.214. The van der Waals surface area contributed by atoms with Crippen molar-refractivity contribution in [2.45, 2.75) is 70.2 Å². The Morgan fingerprint density at radius 3 is 2.24 bits per heavy atom. The Bertz CT molecular complexity index is 1540. The van der Waals surface area contributed by atoms with Gasteiger partial charge in [0.2, 0.25) is 17.7 Å². The molecule has 4 rings (SSSR count). The molecule has 45 heavy (non-hydrogen) atoms. The van der Waals surface area contributed by atoms with Gasteiger partial charge >= 0.3 is 0 Å². The molecule has 9 heteroatoms. The molecule has 1 unspecified atom stereocenters. The quantitative estimate of drug-likeness (QED) is 0.324. The largest absolute Gasteiger partial charge is 0.393 e. The number of hydrogen-bond acceptors (Lipinski definition) is 5. The van der Waals surface area contributed by atoms with Crippen LogP contribution in [0.15, 0.2) is 78.4 Å². The summed E-state index contributed by atoms with van der Waals surface area (Å²) >= 11 is 0. The lowest BCUT2D eigenvalue weighted by Gasteiger charge is -2.38. The van der Waals surface area contributed by atoms with Crippen LogP contribution in [0.2, 0.25) is 0 Å². The lowest BCUT2D eigenvalue weighted by molar-refractivity contribution is -0.150. The molecule has 1 aliphatic rings. The van der Waals surface area contributed by atoms with E-state index < -0.39 is 35.5 Å². The molecule has 8 nitrogen and oxygen atoms in total. The number of halogens is 1. The fourth-order valence-corrected chi connectivity index (χ4v) is 6.01. The van der Waals surface area contributed by atoms with E-state index in [1.165, 1.54) is 40.1 Å². The Hall–Kier alpha value is -4.08. The number of aliphatic hydroxyl groups is 1. The number of benzene rings is 3. The van der Waals surface area contributed by atoms with E-state index in [1.54, 1.807) is 19.0 Å². The van der Waals surface area contributed by atoms with Gasteiger partial charge in [0.15, 0.2) is 0 Å². The molecule has 3 aromatic carbocycles. The first kappa shape index (κ1) is 33.8. The molecule has 2 atom stereocenters. The second-order valence-electron chi connectivity index (χ2n) is 13.0. The van der Waals surface area contributed by atoms with E-state index in [1.807, 2.05) is 63.2 Å². The molecule has 3 N–H and O–H groups in total. The third-order valence-electron chi connectivity index (χ3n) is 8.38. The first-order valence-electron chi connectivity index (χ1n) is 15.4. The predicted octanol–water partition coefficient (Wildman–Crippen LogP) is 4.61. The number of hydrogen-bond donors (Lipinski definition) is 2. The maximum Gasteiger partial charge on any atom is 0.250 e. The van der Waals surface area contributed by atoms with Crippen molar-refractivity contribution in [2.24, 2.45) is 5.73 Å². The SMILES string of the molecule is C/C(=C\C(=O)N(C)[C@H](Cc1ccc2ccccc2c1)C(=O)N(C)C(C(=O)N1CCC(O)CC1)c1ccc(F)cc1)CC(C)(C)N. The van der Waals surface area contributed by atoms with Crippen LogP contribution < -0.4 is 5.73 Å². The van der Waals surface area contributed by atoms with Crippen LogP contribution in [-0.2, 0) is 20.8 Å². The number of carbonyl (C=O) groups is 3. The van der Waals surface area contributed by atoms with Crippen molar-refractivity contribution >= 4 is 28.5 Å². The molecular formula is C36H45FN4O4. The van der Waals surface area contributed by atoms with Crippen LogP contribution in [-0.4, -0.2) is 82.4 Å². The molecule has 1 saturated heterocycles. The lowest BCUT2D eigenvalue weighted by Crippen LogP contribution is -2.53. The Balaban J connectivity index is 1.71. The molecule has 1 heterocycles. The molecule has 0 radical (unpaired) electrons. The molecule has 0 aromatic heterocycles. The number of rotatable bonds is 10. The van der Waals surface area contributed by atoms with E-state index in [2.05, 4.69) is 0 Å². The highest BCUT2D eigenvalue weighted by molar-refractivity contribution is 5.95. The van der Waals surface area contributed by atoms with Crippen molar-refractivity contribution in [1.29, 1.82) is 0 Å². The first-order valence-corrected chi connectivity index (χ1v) is 15.4. The standard InChI is InChI=1S/C36H45FN4O4/c1-24(23-36(2,3)38)20-32(43)39(4)31(22-25-10-11-26-8-6-7-9-28(26)21-25)34(44)40(5)33(27-12-14-29(37)15-13-27)35(45)41-18-16-30(42)17-19-41/h6-15,20-21,30-31,33,42H,16-19,22-23,38H2,1-5H3/b24-20+/t31-,33?/m1/s1. The molecule has 3 aromatic rings. The Kier molecular flexibility index (Phi) is 10.8. The van der Waals surface area contributed by atoms with Crippen LogP contribution in [0.1, 0.15) is 57.2 Å². The van der Waals surface area contributed by atoms with Crippen LogP contribution in [0.5, 0.6) is 0 Å². The van der Waals surface area contributed by atoms with Gasteiger partial charge in [0.1, 0.15) is 17.9 Å². The van der Waals surface area contributed by atoms with Gasteiger partial charge in [-0.2, -0.15) is 0 Å². The summed E-state index contributed by atoms with van der Waals surface area (Å²) in [6.07, 6.45) is 2.62. The zero-order chi connectivity index (χ0) is 32.9. The summed E-state index contributed by atoms with van der Waals surface area (Å²) in [4.78, 5) is 46.5. The monoisotopic (exact) mass is 616 g/mol. The number of aliphatic hydroxyl groups excluding tert-OH is 1.